The normalized spacial score (nSPS) is 12.3. The molecule has 0 unspecified atom stereocenters. The molecule has 2 aromatic heterocycles. The van der Waals surface area contributed by atoms with Gasteiger partial charge in [-0.2, -0.15) is 13.2 Å². The maximum absolute atomic E-state index is 12.3. The average Bonchev–Trinajstić information content (AvgIpc) is 2.41. The van der Waals surface area contributed by atoms with Gasteiger partial charge in [-0.15, -0.1) is 0 Å². The molecule has 0 saturated heterocycles. The summed E-state index contributed by atoms with van der Waals surface area (Å²) in [7, 11) is 0. The molecule has 0 aliphatic rings. The molecule has 6 heteroatoms. The Bertz CT molecular complexity index is 475. The van der Waals surface area contributed by atoms with E-state index in [0.29, 0.717) is 0 Å². The summed E-state index contributed by atoms with van der Waals surface area (Å²) in [5, 5.41) is 0.171. The fourth-order valence-corrected chi connectivity index (χ4v) is 1.32. The van der Waals surface area contributed by atoms with Crippen LogP contribution in [0.3, 0.4) is 0 Å². The van der Waals surface area contributed by atoms with Crippen LogP contribution in [0.2, 0.25) is 5.15 Å². The van der Waals surface area contributed by atoms with Crippen LogP contribution in [0.4, 0.5) is 13.2 Å². The van der Waals surface area contributed by atoms with Crippen molar-refractivity contribution < 1.29 is 13.2 Å². The first-order valence-electron chi connectivity index (χ1n) is 3.68. The highest BCUT2D eigenvalue weighted by Gasteiger charge is 2.30. The molecule has 0 aliphatic heterocycles. The van der Waals surface area contributed by atoms with E-state index in [1.165, 1.54) is 16.8 Å². The lowest BCUT2D eigenvalue weighted by Gasteiger charge is -2.05. The van der Waals surface area contributed by atoms with Crippen LogP contribution in [0.5, 0.6) is 0 Å². The van der Waals surface area contributed by atoms with E-state index in [1.54, 1.807) is 0 Å². The van der Waals surface area contributed by atoms with Crippen molar-refractivity contribution in [3.05, 3.63) is 35.2 Å². The number of fused-ring (bicyclic) bond motifs is 1. The summed E-state index contributed by atoms with van der Waals surface area (Å²) in [4.78, 5) is 3.72. The van der Waals surface area contributed by atoms with Gasteiger partial charge in [-0.3, -0.25) is 0 Å². The molecule has 0 atom stereocenters. The van der Waals surface area contributed by atoms with Crippen LogP contribution < -0.4 is 0 Å². The Kier molecular flexibility index (Phi) is 1.92. The number of imidazole rings is 1. The van der Waals surface area contributed by atoms with Crippen LogP contribution >= 0.6 is 11.6 Å². The maximum Gasteiger partial charge on any atom is 0.416 e. The summed E-state index contributed by atoms with van der Waals surface area (Å²) < 4.78 is 38.2. The third-order valence-electron chi connectivity index (χ3n) is 1.76. The average molecular weight is 221 g/mol. The van der Waals surface area contributed by atoms with E-state index in [-0.39, 0.29) is 10.8 Å². The molecule has 2 heterocycles. The maximum atomic E-state index is 12.3. The largest absolute Gasteiger partial charge is 0.416 e. The highest BCUT2D eigenvalue weighted by molar-refractivity contribution is 6.29. The second kappa shape index (κ2) is 2.88. The van der Waals surface area contributed by atoms with Crippen molar-refractivity contribution in [1.29, 1.82) is 0 Å². The van der Waals surface area contributed by atoms with Crippen molar-refractivity contribution in [1.82, 2.24) is 9.38 Å². The Morgan fingerprint density at radius 3 is 2.71 bits per heavy atom. The van der Waals surface area contributed by atoms with Crippen molar-refractivity contribution in [2.45, 2.75) is 6.18 Å². The molecule has 0 spiro atoms. The Morgan fingerprint density at radius 2 is 2.07 bits per heavy atom. The monoisotopic (exact) mass is 220 g/mol. The van der Waals surface area contributed by atoms with E-state index in [4.69, 9.17) is 11.6 Å². The van der Waals surface area contributed by atoms with Gasteiger partial charge in [0.25, 0.3) is 0 Å². The molecule has 0 bridgehead atoms. The Morgan fingerprint density at radius 1 is 1.36 bits per heavy atom. The second-order valence-corrected chi connectivity index (χ2v) is 3.13. The Hall–Kier alpha value is -1.23. The quantitative estimate of drug-likeness (QED) is 0.667. The molecule has 14 heavy (non-hydrogen) atoms. The molecule has 74 valence electrons. The number of aromatic nitrogens is 2. The summed E-state index contributed by atoms with van der Waals surface area (Å²) >= 11 is 5.54. The molecule has 2 aromatic rings. The minimum Gasteiger partial charge on any atom is -0.305 e. The van der Waals surface area contributed by atoms with Crippen molar-refractivity contribution in [2.24, 2.45) is 0 Å². The lowest BCUT2D eigenvalue weighted by Crippen LogP contribution is -2.05. The summed E-state index contributed by atoms with van der Waals surface area (Å²) in [6.07, 6.45) is -1.63. The van der Waals surface area contributed by atoms with Crippen LogP contribution in [0.25, 0.3) is 5.65 Å². The molecule has 0 radical (unpaired) electrons. The van der Waals surface area contributed by atoms with Crippen LogP contribution in [0, 0.1) is 0 Å². The summed E-state index contributed by atoms with van der Waals surface area (Å²) in [5.74, 6) is 0. The Balaban J connectivity index is 2.62. The number of halogens is 4. The zero-order chi connectivity index (χ0) is 10.3. The predicted octanol–water partition coefficient (Wildman–Crippen LogP) is 3.01. The van der Waals surface area contributed by atoms with Crippen LogP contribution in [0.15, 0.2) is 24.5 Å². The standard InChI is InChI=1S/C8H4ClF3N2/c9-6-4-14-2-1-5(8(10,11)12)3-7(14)13-6/h1-4H. The molecular formula is C8H4ClF3N2. The highest BCUT2D eigenvalue weighted by atomic mass is 35.5. The predicted molar refractivity (Wildman–Crippen MR) is 45.2 cm³/mol. The molecule has 0 amide bonds. The van der Waals surface area contributed by atoms with Gasteiger partial charge in [0.15, 0.2) is 0 Å². The SMILES string of the molecule is FC(F)(F)c1ccn2cc(Cl)nc2c1. The van der Waals surface area contributed by atoms with Gasteiger partial charge in [0.2, 0.25) is 0 Å². The van der Waals surface area contributed by atoms with E-state index in [2.05, 4.69) is 4.98 Å². The third-order valence-corrected chi connectivity index (χ3v) is 1.94. The van der Waals surface area contributed by atoms with Crippen LogP contribution in [0.1, 0.15) is 5.56 Å². The van der Waals surface area contributed by atoms with Gasteiger partial charge in [0.05, 0.1) is 5.56 Å². The number of hydrogen-bond donors (Lipinski definition) is 0. The third kappa shape index (κ3) is 1.55. The molecule has 0 aromatic carbocycles. The van der Waals surface area contributed by atoms with Crippen LogP contribution in [-0.4, -0.2) is 9.38 Å². The molecular weight excluding hydrogens is 217 g/mol. The van der Waals surface area contributed by atoms with Crippen molar-refractivity contribution in [3.8, 4) is 0 Å². The van der Waals surface area contributed by atoms with Gasteiger partial charge in [-0.1, -0.05) is 11.6 Å². The zero-order valence-electron chi connectivity index (χ0n) is 6.72. The van der Waals surface area contributed by atoms with Gasteiger partial charge in [0.1, 0.15) is 10.8 Å². The first kappa shape index (κ1) is 9.33. The van der Waals surface area contributed by atoms with Gasteiger partial charge >= 0.3 is 6.18 Å². The molecule has 2 rings (SSSR count). The Labute approximate surface area is 81.9 Å². The number of pyridine rings is 1. The topological polar surface area (TPSA) is 17.3 Å². The van der Waals surface area contributed by atoms with Crippen molar-refractivity contribution in [3.63, 3.8) is 0 Å². The van der Waals surface area contributed by atoms with E-state index in [9.17, 15) is 13.2 Å². The summed E-state index contributed by atoms with van der Waals surface area (Å²) in [6.45, 7) is 0. The lowest BCUT2D eigenvalue weighted by molar-refractivity contribution is -0.137. The van der Waals surface area contributed by atoms with Gasteiger partial charge in [-0.25, -0.2) is 4.98 Å². The summed E-state index contributed by atoms with van der Waals surface area (Å²) in [6, 6.07) is 1.93. The first-order chi connectivity index (χ1) is 6.47. The van der Waals surface area contributed by atoms with Gasteiger partial charge in [0, 0.05) is 12.4 Å². The zero-order valence-corrected chi connectivity index (χ0v) is 7.47. The summed E-state index contributed by atoms with van der Waals surface area (Å²) in [5.41, 5.74) is -0.544. The first-order valence-corrected chi connectivity index (χ1v) is 4.06. The van der Waals surface area contributed by atoms with Crippen molar-refractivity contribution >= 4 is 17.2 Å². The lowest BCUT2D eigenvalue weighted by atomic mass is 10.2. The van der Waals surface area contributed by atoms with Gasteiger partial charge in [-0.05, 0) is 12.1 Å². The fourth-order valence-electron chi connectivity index (χ4n) is 1.13. The smallest absolute Gasteiger partial charge is 0.305 e. The van der Waals surface area contributed by atoms with E-state index >= 15 is 0 Å². The number of hydrogen-bond acceptors (Lipinski definition) is 1. The van der Waals surface area contributed by atoms with E-state index < -0.39 is 11.7 Å². The number of nitrogens with zero attached hydrogens (tertiary/aromatic N) is 2. The van der Waals surface area contributed by atoms with Gasteiger partial charge < -0.3 is 4.40 Å². The van der Waals surface area contributed by atoms with Crippen LogP contribution in [-0.2, 0) is 6.18 Å². The minimum atomic E-state index is -4.35. The molecule has 0 N–H and O–H groups in total. The number of rotatable bonds is 0. The van der Waals surface area contributed by atoms with Crippen molar-refractivity contribution in [2.75, 3.05) is 0 Å². The highest BCUT2D eigenvalue weighted by Crippen LogP contribution is 2.29. The second-order valence-electron chi connectivity index (χ2n) is 2.74. The molecule has 2 nitrogen and oxygen atoms in total. The van der Waals surface area contributed by atoms with E-state index in [0.717, 1.165) is 12.1 Å². The molecule has 0 aliphatic carbocycles. The number of alkyl halides is 3. The van der Waals surface area contributed by atoms with E-state index in [1.807, 2.05) is 0 Å². The minimum absolute atomic E-state index is 0.171. The molecule has 0 fully saturated rings. The molecule has 0 saturated carbocycles. The fraction of sp³-hybridized carbons (Fsp3) is 0.125.